The van der Waals surface area contributed by atoms with E-state index >= 15 is 0 Å². The first-order valence-electron chi connectivity index (χ1n) is 10.6. The third-order valence-electron chi connectivity index (χ3n) is 6.58. The lowest BCUT2D eigenvalue weighted by Crippen LogP contribution is -2.59. The molecule has 182 valence electrons. The number of carbonyl (C=O) groups is 3. The van der Waals surface area contributed by atoms with Crippen LogP contribution in [0, 0.1) is 5.92 Å². The summed E-state index contributed by atoms with van der Waals surface area (Å²) in [5, 5.41) is 9.68. The molecule has 2 atom stereocenters. The second-order valence-corrected chi connectivity index (χ2v) is 8.50. The first-order chi connectivity index (χ1) is 16.5. The van der Waals surface area contributed by atoms with Gasteiger partial charge in [-0.05, 0) is 42.2 Å². The average molecular weight is 489 g/mol. The number of aromatic nitrogens is 1. The molecular formula is C23H18F3N3O6. The Hall–Kier alpha value is -4.09. The van der Waals surface area contributed by atoms with E-state index < -0.39 is 53.9 Å². The highest BCUT2D eigenvalue weighted by atomic mass is 19.4. The lowest BCUT2D eigenvalue weighted by Gasteiger charge is -2.40. The minimum Gasteiger partial charge on any atom is -0.481 e. The summed E-state index contributed by atoms with van der Waals surface area (Å²) >= 11 is 0. The topological polar surface area (TPSA) is 113 Å². The van der Waals surface area contributed by atoms with E-state index in [0.29, 0.717) is 5.52 Å². The molecule has 0 radical (unpaired) electrons. The van der Waals surface area contributed by atoms with Gasteiger partial charge in [-0.3, -0.25) is 24.0 Å². The van der Waals surface area contributed by atoms with E-state index in [0.717, 1.165) is 15.9 Å². The molecule has 3 amide bonds. The van der Waals surface area contributed by atoms with E-state index in [2.05, 4.69) is 0 Å². The lowest BCUT2D eigenvalue weighted by molar-refractivity contribution is -0.151. The standard InChI is InChI=1S/C23H18F3N3O6/c1-27-17-7-5-11(9-18(17)35-22(27)34)28-10-14(20(31)32)19(30)29(21(28)33)16-8-6-12-13(16)3-2-4-15(12)23(24,25)26/h2-5,7,9,14,16H,6,8,10H2,1H3,(H,31,32)/t14?,16-/m1/s1. The minimum absolute atomic E-state index is 0.0120. The van der Waals surface area contributed by atoms with Gasteiger partial charge < -0.3 is 9.52 Å². The third kappa shape index (κ3) is 3.47. The van der Waals surface area contributed by atoms with Gasteiger partial charge in [0, 0.05) is 18.8 Å². The summed E-state index contributed by atoms with van der Waals surface area (Å²) in [6, 6.07) is 6.03. The van der Waals surface area contributed by atoms with Gasteiger partial charge in [-0.25, -0.2) is 9.59 Å². The number of nitrogens with zero attached hydrogens (tertiary/aromatic N) is 3. The number of fused-ring (bicyclic) bond motifs is 2. The molecule has 3 aromatic rings. The zero-order valence-electron chi connectivity index (χ0n) is 18.2. The van der Waals surface area contributed by atoms with Crippen molar-refractivity contribution in [2.24, 2.45) is 13.0 Å². The molecule has 9 nitrogen and oxygen atoms in total. The summed E-state index contributed by atoms with van der Waals surface area (Å²) in [7, 11) is 1.49. The lowest BCUT2D eigenvalue weighted by atomic mass is 9.98. The summed E-state index contributed by atoms with van der Waals surface area (Å²) in [5.74, 6) is -4.71. The number of carbonyl (C=O) groups excluding carboxylic acids is 2. The molecule has 5 rings (SSSR count). The molecule has 35 heavy (non-hydrogen) atoms. The molecule has 1 unspecified atom stereocenters. The Bertz CT molecular complexity index is 1460. The first-order valence-corrected chi connectivity index (χ1v) is 10.6. The molecule has 2 heterocycles. The number of hydrogen-bond acceptors (Lipinski definition) is 5. The van der Waals surface area contributed by atoms with Crippen LogP contribution < -0.4 is 10.7 Å². The molecule has 1 saturated heterocycles. The number of carboxylic acid groups (broad SMARTS) is 1. The van der Waals surface area contributed by atoms with Crippen LogP contribution in [0.5, 0.6) is 0 Å². The molecule has 0 bridgehead atoms. The van der Waals surface area contributed by atoms with Gasteiger partial charge in [0.05, 0.1) is 23.7 Å². The van der Waals surface area contributed by atoms with Crippen LogP contribution in [0.2, 0.25) is 0 Å². The monoisotopic (exact) mass is 489 g/mol. The molecule has 1 aromatic heterocycles. The van der Waals surface area contributed by atoms with Crippen LogP contribution in [0.4, 0.5) is 23.7 Å². The van der Waals surface area contributed by atoms with Crippen molar-refractivity contribution in [2.75, 3.05) is 11.4 Å². The van der Waals surface area contributed by atoms with Crippen molar-refractivity contribution in [1.82, 2.24) is 9.47 Å². The predicted molar refractivity (Wildman–Crippen MR) is 115 cm³/mol. The van der Waals surface area contributed by atoms with Crippen LogP contribution in [-0.4, -0.2) is 39.0 Å². The highest BCUT2D eigenvalue weighted by Crippen LogP contribution is 2.44. The number of carboxylic acids is 1. The number of anilines is 1. The van der Waals surface area contributed by atoms with Gasteiger partial charge in [0.15, 0.2) is 11.5 Å². The van der Waals surface area contributed by atoms with Crippen LogP contribution in [-0.2, 0) is 29.2 Å². The fraction of sp³-hybridized carbons (Fsp3) is 0.304. The molecule has 1 aliphatic heterocycles. The Morgan fingerprint density at radius 1 is 1.14 bits per heavy atom. The van der Waals surface area contributed by atoms with Crippen LogP contribution in [0.1, 0.15) is 29.2 Å². The van der Waals surface area contributed by atoms with Gasteiger partial charge >= 0.3 is 23.9 Å². The van der Waals surface area contributed by atoms with Crippen molar-refractivity contribution < 1.29 is 37.1 Å². The van der Waals surface area contributed by atoms with E-state index in [-0.39, 0.29) is 35.2 Å². The highest BCUT2D eigenvalue weighted by Gasteiger charge is 2.49. The summed E-state index contributed by atoms with van der Waals surface area (Å²) in [5.41, 5.74) is 0.0852. The zero-order chi connectivity index (χ0) is 25.2. The molecular weight excluding hydrogens is 471 g/mol. The fourth-order valence-corrected chi connectivity index (χ4v) is 4.87. The second-order valence-electron chi connectivity index (χ2n) is 8.50. The van der Waals surface area contributed by atoms with Crippen molar-refractivity contribution in [3.05, 3.63) is 63.6 Å². The quantitative estimate of drug-likeness (QED) is 0.565. The Balaban J connectivity index is 1.59. The Kier molecular flexibility index (Phi) is 5.00. The smallest absolute Gasteiger partial charge is 0.419 e. The average Bonchev–Trinajstić information content (AvgIpc) is 3.33. The van der Waals surface area contributed by atoms with Gasteiger partial charge in [-0.15, -0.1) is 0 Å². The molecule has 2 aromatic carbocycles. The number of hydrogen-bond donors (Lipinski definition) is 1. The molecule has 1 fully saturated rings. The molecule has 0 spiro atoms. The van der Waals surface area contributed by atoms with Gasteiger partial charge in [0.2, 0.25) is 5.91 Å². The van der Waals surface area contributed by atoms with E-state index in [1.807, 2.05) is 0 Å². The van der Waals surface area contributed by atoms with Crippen LogP contribution in [0.25, 0.3) is 11.1 Å². The van der Waals surface area contributed by atoms with Gasteiger partial charge in [0.1, 0.15) is 0 Å². The second kappa shape index (κ2) is 7.72. The van der Waals surface area contributed by atoms with E-state index in [4.69, 9.17) is 4.42 Å². The van der Waals surface area contributed by atoms with Crippen molar-refractivity contribution in [3.8, 4) is 0 Å². The normalized spacial score (nSPS) is 20.6. The van der Waals surface area contributed by atoms with Crippen LogP contribution >= 0.6 is 0 Å². The summed E-state index contributed by atoms with van der Waals surface area (Å²) in [6.45, 7) is -0.478. The number of oxazole rings is 1. The fourth-order valence-electron chi connectivity index (χ4n) is 4.87. The number of imide groups is 1. The van der Waals surface area contributed by atoms with Crippen LogP contribution in [0.15, 0.2) is 45.6 Å². The first kappa shape index (κ1) is 22.7. The van der Waals surface area contributed by atoms with Crippen molar-refractivity contribution >= 4 is 34.7 Å². The number of rotatable bonds is 3. The van der Waals surface area contributed by atoms with E-state index in [9.17, 15) is 37.5 Å². The van der Waals surface area contributed by atoms with Crippen molar-refractivity contribution in [3.63, 3.8) is 0 Å². The van der Waals surface area contributed by atoms with Gasteiger partial charge in [0.25, 0.3) is 0 Å². The largest absolute Gasteiger partial charge is 0.481 e. The zero-order valence-corrected chi connectivity index (χ0v) is 18.2. The highest BCUT2D eigenvalue weighted by molar-refractivity contribution is 6.12. The van der Waals surface area contributed by atoms with E-state index in [1.54, 1.807) is 0 Å². The predicted octanol–water partition coefficient (Wildman–Crippen LogP) is 3.31. The SMILES string of the molecule is Cn1c(=O)oc2cc(N3CC(C(=O)O)C(=O)N([C@@H]4CCc5c4cccc5C(F)(F)F)C3=O)ccc21. The summed E-state index contributed by atoms with van der Waals surface area (Å²) in [6.07, 6.45) is -4.60. The van der Waals surface area contributed by atoms with Gasteiger partial charge in [-0.1, -0.05) is 12.1 Å². The molecule has 12 heteroatoms. The Morgan fingerprint density at radius 3 is 2.57 bits per heavy atom. The maximum absolute atomic E-state index is 13.5. The summed E-state index contributed by atoms with van der Waals surface area (Å²) < 4.78 is 46.9. The number of urea groups is 1. The summed E-state index contributed by atoms with van der Waals surface area (Å²) in [4.78, 5) is 52.2. The maximum Gasteiger partial charge on any atom is 0.419 e. The van der Waals surface area contributed by atoms with Crippen molar-refractivity contribution in [1.29, 1.82) is 0 Å². The number of alkyl halides is 3. The number of halogens is 3. The number of aryl methyl sites for hydroxylation is 1. The molecule has 2 aliphatic rings. The third-order valence-corrected chi connectivity index (χ3v) is 6.58. The number of aliphatic carboxylic acids is 1. The van der Waals surface area contributed by atoms with Gasteiger partial charge in [-0.2, -0.15) is 13.2 Å². The molecule has 0 saturated carbocycles. The molecule has 1 aliphatic carbocycles. The van der Waals surface area contributed by atoms with Crippen molar-refractivity contribution in [2.45, 2.75) is 25.1 Å². The Morgan fingerprint density at radius 2 is 1.89 bits per heavy atom. The number of amides is 3. The van der Waals surface area contributed by atoms with E-state index in [1.165, 1.54) is 41.9 Å². The molecule has 1 N–H and O–H groups in total. The van der Waals surface area contributed by atoms with Crippen LogP contribution in [0.3, 0.4) is 0 Å². The maximum atomic E-state index is 13.5. The minimum atomic E-state index is -4.61. The Labute approximate surface area is 194 Å². The number of benzene rings is 2.